The van der Waals surface area contributed by atoms with Crippen LogP contribution in [0.25, 0.3) is 0 Å². The first kappa shape index (κ1) is 23.7. The van der Waals surface area contributed by atoms with Gasteiger partial charge in [0.1, 0.15) is 17.5 Å². The van der Waals surface area contributed by atoms with Crippen LogP contribution in [0.2, 0.25) is 0 Å². The number of aromatic nitrogens is 2. The molecule has 0 radical (unpaired) electrons. The number of thiocarbonyl (C=S) groups is 1. The second-order valence-electron chi connectivity index (χ2n) is 9.58. The molecule has 0 spiro atoms. The lowest BCUT2D eigenvalue weighted by Gasteiger charge is -2.29. The van der Waals surface area contributed by atoms with Crippen LogP contribution in [0.4, 0.5) is 5.69 Å². The van der Waals surface area contributed by atoms with Crippen molar-refractivity contribution in [1.82, 2.24) is 14.9 Å². The molecule has 4 heterocycles. The molecule has 1 N–H and O–H groups in total. The fourth-order valence-corrected chi connectivity index (χ4v) is 5.62. The Bertz CT molecular complexity index is 1370. The summed E-state index contributed by atoms with van der Waals surface area (Å²) >= 11 is 5.91. The van der Waals surface area contributed by atoms with Crippen molar-refractivity contribution in [2.45, 2.75) is 44.5 Å². The molecule has 0 amide bonds. The Morgan fingerprint density at radius 3 is 2.62 bits per heavy atom. The molecule has 2 aliphatic heterocycles. The Morgan fingerprint density at radius 1 is 1.03 bits per heavy atom. The lowest BCUT2D eigenvalue weighted by molar-refractivity contribution is 0.0961. The van der Waals surface area contributed by atoms with Crippen LogP contribution < -0.4 is 15.0 Å². The minimum atomic E-state index is -0.0882. The normalized spacial score (nSPS) is 21.3. The van der Waals surface area contributed by atoms with Crippen LogP contribution in [0.3, 0.4) is 0 Å². The summed E-state index contributed by atoms with van der Waals surface area (Å²) in [5.41, 5.74) is 4.24. The van der Waals surface area contributed by atoms with E-state index < -0.39 is 0 Å². The van der Waals surface area contributed by atoms with E-state index in [2.05, 4.69) is 56.3 Å². The molecule has 188 valence electrons. The third kappa shape index (κ3) is 4.84. The molecule has 0 saturated carbocycles. The average Bonchev–Trinajstić information content (AvgIpc) is 3.67. The highest BCUT2D eigenvalue weighted by Crippen LogP contribution is 2.42. The highest BCUT2D eigenvalue weighted by atomic mass is 32.1. The molecule has 6 nitrogen and oxygen atoms in total. The monoisotopic (exact) mass is 510 g/mol. The predicted molar refractivity (Wildman–Crippen MR) is 149 cm³/mol. The highest BCUT2D eigenvalue weighted by Gasteiger charge is 2.42. The van der Waals surface area contributed by atoms with Crippen molar-refractivity contribution in [3.63, 3.8) is 0 Å². The third-order valence-electron chi connectivity index (χ3n) is 7.13. The summed E-state index contributed by atoms with van der Waals surface area (Å²) in [5, 5.41) is 4.24. The zero-order valence-electron chi connectivity index (χ0n) is 20.8. The largest absolute Gasteiger partial charge is 0.457 e. The van der Waals surface area contributed by atoms with Crippen molar-refractivity contribution in [3.8, 4) is 11.5 Å². The summed E-state index contributed by atoms with van der Waals surface area (Å²) in [6.07, 6.45) is 6.44. The van der Waals surface area contributed by atoms with Crippen LogP contribution in [0.15, 0.2) is 91.3 Å². The topological polar surface area (TPSA) is 51.5 Å². The number of benzene rings is 2. The fraction of sp³-hybridized carbons (Fsp3) is 0.267. The minimum absolute atomic E-state index is 0.0676. The van der Waals surface area contributed by atoms with Crippen LogP contribution in [0.5, 0.6) is 11.5 Å². The summed E-state index contributed by atoms with van der Waals surface area (Å²) < 4.78 is 14.4. The van der Waals surface area contributed by atoms with Crippen LogP contribution in [-0.4, -0.2) is 27.4 Å². The maximum absolute atomic E-state index is 6.14. The molecule has 0 aliphatic carbocycles. The van der Waals surface area contributed by atoms with E-state index in [0.29, 0.717) is 5.11 Å². The molecule has 7 heteroatoms. The number of nitrogens with one attached hydrogen (secondary N) is 1. The third-order valence-corrected chi connectivity index (χ3v) is 7.44. The van der Waals surface area contributed by atoms with Crippen LogP contribution in [0.1, 0.15) is 41.9 Å². The summed E-state index contributed by atoms with van der Waals surface area (Å²) in [7, 11) is 0. The first-order valence-corrected chi connectivity index (χ1v) is 13.2. The molecule has 37 heavy (non-hydrogen) atoms. The number of hydrogen-bond donors (Lipinski definition) is 1. The van der Waals surface area contributed by atoms with Gasteiger partial charge in [0, 0.05) is 36.9 Å². The van der Waals surface area contributed by atoms with Gasteiger partial charge in [0.05, 0.1) is 17.8 Å². The Morgan fingerprint density at radius 2 is 1.86 bits per heavy atom. The average molecular weight is 511 g/mol. The number of aryl methyl sites for hydroxylation is 1. The lowest BCUT2D eigenvalue weighted by atomic mass is 10.0. The van der Waals surface area contributed by atoms with Gasteiger partial charge in [-0.3, -0.25) is 4.98 Å². The molecule has 4 aromatic rings. The highest BCUT2D eigenvalue weighted by molar-refractivity contribution is 7.80. The van der Waals surface area contributed by atoms with Crippen LogP contribution in [-0.2, 0) is 11.3 Å². The zero-order chi connectivity index (χ0) is 25.2. The first-order chi connectivity index (χ1) is 18.2. The molecule has 3 atom stereocenters. The second kappa shape index (κ2) is 10.4. The molecular weight excluding hydrogens is 480 g/mol. The Kier molecular flexibility index (Phi) is 6.64. The van der Waals surface area contributed by atoms with Gasteiger partial charge in [-0.1, -0.05) is 24.3 Å². The predicted octanol–water partition coefficient (Wildman–Crippen LogP) is 6.34. The lowest BCUT2D eigenvalue weighted by Crippen LogP contribution is -2.31. The molecule has 2 aromatic heterocycles. The van der Waals surface area contributed by atoms with Crippen molar-refractivity contribution >= 4 is 23.0 Å². The maximum Gasteiger partial charge on any atom is 0.174 e. The molecule has 6 rings (SSSR count). The number of hydrogen-bond acceptors (Lipinski definition) is 4. The SMILES string of the molecule is Cc1ccccc1Oc1ccc(N2C(=S)N[C@H](c3ccccn3)[C@@H]2c2cccn2C[C@H]2CCCO2)cc1. The zero-order valence-corrected chi connectivity index (χ0v) is 21.6. The number of para-hydroxylation sites is 1. The number of pyridine rings is 1. The van der Waals surface area contributed by atoms with Crippen molar-refractivity contribution in [2.24, 2.45) is 0 Å². The standard InChI is InChI=1S/C30H30N4O2S/c1-21-8-2-3-12-27(21)36-23-15-13-22(14-16-23)34-29(28(32-30(34)37)25-10-4-5-17-31-25)26-11-6-18-33(26)20-24-9-7-19-35-24/h2-6,8,10-18,24,28-29H,7,9,19-20H2,1H3,(H,32,37)/t24-,28-,29+/m1/s1. The molecule has 0 unspecified atom stereocenters. The van der Waals surface area contributed by atoms with Gasteiger partial charge < -0.3 is 24.3 Å². The van der Waals surface area contributed by atoms with E-state index in [9.17, 15) is 0 Å². The van der Waals surface area contributed by atoms with Crippen molar-refractivity contribution in [2.75, 3.05) is 11.5 Å². The maximum atomic E-state index is 6.14. The second-order valence-corrected chi connectivity index (χ2v) is 9.97. The van der Waals surface area contributed by atoms with Gasteiger partial charge in [0.15, 0.2) is 5.11 Å². The summed E-state index contributed by atoms with van der Waals surface area (Å²) in [6, 6.07) is 26.3. The minimum Gasteiger partial charge on any atom is -0.457 e. The van der Waals surface area contributed by atoms with E-state index in [1.807, 2.05) is 61.7 Å². The van der Waals surface area contributed by atoms with Gasteiger partial charge in [-0.2, -0.15) is 0 Å². The number of nitrogens with zero attached hydrogens (tertiary/aromatic N) is 3. The number of rotatable bonds is 7. The summed E-state index contributed by atoms with van der Waals surface area (Å²) in [4.78, 5) is 6.88. The van der Waals surface area contributed by atoms with Crippen molar-refractivity contribution in [3.05, 3.63) is 108 Å². The Labute approximate surface area is 222 Å². The summed E-state index contributed by atoms with van der Waals surface area (Å²) in [5.74, 6) is 1.64. The Hall–Kier alpha value is -3.68. The number of ether oxygens (including phenoxy) is 2. The van der Waals surface area contributed by atoms with Crippen molar-refractivity contribution < 1.29 is 9.47 Å². The molecule has 0 bridgehead atoms. The molecule has 2 saturated heterocycles. The summed E-state index contributed by atoms with van der Waals surface area (Å²) in [6.45, 7) is 3.72. The van der Waals surface area contributed by atoms with Gasteiger partial charge in [-0.05, 0) is 92.1 Å². The first-order valence-electron chi connectivity index (χ1n) is 12.8. The quantitative estimate of drug-likeness (QED) is 0.293. The number of anilines is 1. The van der Waals surface area contributed by atoms with Gasteiger partial charge in [0.25, 0.3) is 0 Å². The fourth-order valence-electron chi connectivity index (χ4n) is 5.28. The molecule has 2 aliphatic rings. The van der Waals surface area contributed by atoms with E-state index in [-0.39, 0.29) is 18.2 Å². The molecular formula is C30H30N4O2S. The van der Waals surface area contributed by atoms with Gasteiger partial charge in [0.2, 0.25) is 0 Å². The van der Waals surface area contributed by atoms with Gasteiger partial charge >= 0.3 is 0 Å². The van der Waals surface area contributed by atoms with Gasteiger partial charge in [-0.25, -0.2) is 0 Å². The van der Waals surface area contributed by atoms with E-state index in [4.69, 9.17) is 21.7 Å². The molecule has 2 aromatic carbocycles. The van der Waals surface area contributed by atoms with E-state index in [1.165, 1.54) is 5.69 Å². The Balaban J connectivity index is 1.34. The van der Waals surface area contributed by atoms with E-state index in [1.54, 1.807) is 0 Å². The van der Waals surface area contributed by atoms with Gasteiger partial charge in [-0.15, -0.1) is 0 Å². The smallest absolute Gasteiger partial charge is 0.174 e. The van der Waals surface area contributed by atoms with E-state index >= 15 is 0 Å². The van der Waals surface area contributed by atoms with Crippen LogP contribution >= 0.6 is 12.2 Å². The van der Waals surface area contributed by atoms with E-state index in [0.717, 1.165) is 54.4 Å². The molecule has 2 fully saturated rings. The van der Waals surface area contributed by atoms with Crippen LogP contribution in [0, 0.1) is 6.92 Å². The van der Waals surface area contributed by atoms with Crippen molar-refractivity contribution in [1.29, 1.82) is 0 Å².